The highest BCUT2D eigenvalue weighted by Gasteiger charge is 2.01. The predicted molar refractivity (Wildman–Crippen MR) is 39.6 cm³/mol. The van der Waals surface area contributed by atoms with Gasteiger partial charge in [0, 0.05) is 0 Å². The molecule has 0 aliphatic carbocycles. The Morgan fingerprint density at radius 1 is 1.64 bits per heavy atom. The number of hydrogen-bond acceptors (Lipinski definition) is 4. The lowest BCUT2D eigenvalue weighted by Crippen LogP contribution is -2.07. The number of rotatable bonds is 7. The maximum Gasteiger partial charge on any atom is 0.122 e. The second-order valence-corrected chi connectivity index (χ2v) is 2.27. The summed E-state index contributed by atoms with van der Waals surface area (Å²) in [5, 5.41) is 8.05. The molecule has 0 aliphatic heterocycles. The van der Waals surface area contributed by atoms with Crippen LogP contribution in [0.1, 0.15) is 13.3 Å². The van der Waals surface area contributed by atoms with Crippen LogP contribution in [0.3, 0.4) is 0 Å². The van der Waals surface area contributed by atoms with Gasteiger partial charge in [-0.2, -0.15) is 4.89 Å². The van der Waals surface area contributed by atoms with Crippen LogP contribution >= 0.6 is 0 Å². The molecule has 0 rings (SSSR count). The highest BCUT2D eigenvalue weighted by Crippen LogP contribution is 2.01. The first-order valence-electron chi connectivity index (χ1n) is 3.46. The largest absolute Gasteiger partial charge is 0.346 e. The summed E-state index contributed by atoms with van der Waals surface area (Å²) in [5.74, 6) is 0.258. The molecular weight excluding hydrogens is 148 g/mol. The van der Waals surface area contributed by atoms with Crippen molar-refractivity contribution in [1.82, 2.24) is 0 Å². The van der Waals surface area contributed by atoms with Gasteiger partial charge in [0.15, 0.2) is 0 Å². The molecule has 11 heavy (non-hydrogen) atoms. The molecule has 0 saturated heterocycles. The van der Waals surface area contributed by atoms with E-state index in [4.69, 9.17) is 5.26 Å². The Kier molecular flexibility index (Phi) is 7.13. The number of hydrogen-bond donors (Lipinski definition) is 1. The maximum absolute atomic E-state index is 8.05. The molecule has 0 heterocycles. The van der Waals surface area contributed by atoms with Crippen LogP contribution in [0.4, 0.5) is 0 Å². The van der Waals surface area contributed by atoms with E-state index in [9.17, 15) is 0 Å². The van der Waals surface area contributed by atoms with Gasteiger partial charge in [-0.1, -0.05) is 13.5 Å². The standard InChI is InChI=1S/C7H14O4/c1-3-10-11-5-4-7(2)6-9-8/h3,7-8H,1,4-6H2,2H3. The normalized spacial score (nSPS) is 12.5. The van der Waals surface area contributed by atoms with Crippen LogP contribution < -0.4 is 0 Å². The van der Waals surface area contributed by atoms with Crippen molar-refractivity contribution in [3.05, 3.63) is 12.8 Å². The Bertz CT molecular complexity index is 94.4. The van der Waals surface area contributed by atoms with Gasteiger partial charge in [-0.05, 0) is 12.3 Å². The van der Waals surface area contributed by atoms with Crippen LogP contribution in [0.15, 0.2) is 12.8 Å². The summed E-state index contributed by atoms with van der Waals surface area (Å²) in [6.07, 6.45) is 1.99. The monoisotopic (exact) mass is 162 g/mol. The molecule has 0 fully saturated rings. The van der Waals surface area contributed by atoms with Crippen LogP contribution in [0.2, 0.25) is 0 Å². The van der Waals surface area contributed by atoms with Crippen LogP contribution in [-0.2, 0) is 14.7 Å². The molecule has 0 radical (unpaired) electrons. The van der Waals surface area contributed by atoms with Gasteiger partial charge in [-0.25, -0.2) is 4.89 Å². The van der Waals surface area contributed by atoms with Crippen molar-refractivity contribution in [2.75, 3.05) is 13.2 Å². The van der Waals surface area contributed by atoms with Crippen molar-refractivity contribution in [3.63, 3.8) is 0 Å². The molecule has 0 aromatic carbocycles. The third-order valence-electron chi connectivity index (χ3n) is 1.19. The molecule has 1 N–H and O–H groups in total. The van der Waals surface area contributed by atoms with E-state index in [1.54, 1.807) is 0 Å². The summed E-state index contributed by atoms with van der Waals surface area (Å²) in [7, 11) is 0. The van der Waals surface area contributed by atoms with Gasteiger partial charge in [-0.3, -0.25) is 5.26 Å². The first-order chi connectivity index (χ1) is 5.31. The van der Waals surface area contributed by atoms with E-state index in [1.807, 2.05) is 6.92 Å². The summed E-state index contributed by atoms with van der Waals surface area (Å²) in [4.78, 5) is 13.0. The van der Waals surface area contributed by atoms with Gasteiger partial charge in [0.25, 0.3) is 0 Å². The van der Waals surface area contributed by atoms with Gasteiger partial charge in [0.05, 0.1) is 13.2 Å². The first kappa shape index (κ1) is 10.4. The Morgan fingerprint density at radius 2 is 2.36 bits per heavy atom. The molecular formula is C7H14O4. The fraction of sp³-hybridized carbons (Fsp3) is 0.714. The molecule has 1 unspecified atom stereocenters. The zero-order chi connectivity index (χ0) is 8.53. The molecule has 4 heteroatoms. The minimum atomic E-state index is 0.258. The molecule has 66 valence electrons. The second kappa shape index (κ2) is 7.53. The Balaban J connectivity index is 3.03. The lowest BCUT2D eigenvalue weighted by Gasteiger charge is -2.07. The molecule has 0 aliphatic rings. The van der Waals surface area contributed by atoms with Crippen molar-refractivity contribution >= 4 is 0 Å². The average molecular weight is 162 g/mol. The van der Waals surface area contributed by atoms with Crippen LogP contribution in [0.25, 0.3) is 0 Å². The molecule has 0 saturated carbocycles. The molecule has 0 amide bonds. The van der Waals surface area contributed by atoms with E-state index in [-0.39, 0.29) is 5.92 Å². The highest BCUT2D eigenvalue weighted by molar-refractivity contribution is 4.48. The predicted octanol–water partition coefficient (Wildman–Crippen LogP) is 1.59. The SMILES string of the molecule is C=COOCCC(C)COO. The summed E-state index contributed by atoms with van der Waals surface area (Å²) >= 11 is 0. The minimum absolute atomic E-state index is 0.258. The summed E-state index contributed by atoms with van der Waals surface area (Å²) in [5.41, 5.74) is 0. The maximum atomic E-state index is 8.05. The van der Waals surface area contributed by atoms with Crippen LogP contribution in [-0.4, -0.2) is 18.5 Å². The Morgan fingerprint density at radius 3 is 2.91 bits per heavy atom. The lowest BCUT2D eigenvalue weighted by molar-refractivity contribution is -0.263. The van der Waals surface area contributed by atoms with Gasteiger partial charge in [0.1, 0.15) is 6.26 Å². The zero-order valence-electron chi connectivity index (χ0n) is 6.66. The zero-order valence-corrected chi connectivity index (χ0v) is 6.66. The van der Waals surface area contributed by atoms with E-state index in [0.29, 0.717) is 13.2 Å². The van der Waals surface area contributed by atoms with Crippen molar-refractivity contribution in [3.8, 4) is 0 Å². The van der Waals surface area contributed by atoms with Crippen molar-refractivity contribution in [2.24, 2.45) is 5.92 Å². The molecule has 1 atom stereocenters. The third kappa shape index (κ3) is 7.32. The van der Waals surface area contributed by atoms with E-state index in [1.165, 1.54) is 6.26 Å². The fourth-order valence-electron chi connectivity index (χ4n) is 0.556. The van der Waals surface area contributed by atoms with Gasteiger partial charge >= 0.3 is 0 Å². The quantitative estimate of drug-likeness (QED) is 0.267. The van der Waals surface area contributed by atoms with Gasteiger partial charge in [0.2, 0.25) is 0 Å². The topological polar surface area (TPSA) is 47.9 Å². The van der Waals surface area contributed by atoms with E-state index < -0.39 is 0 Å². The average Bonchev–Trinajstić information content (AvgIpc) is 1.99. The van der Waals surface area contributed by atoms with Crippen molar-refractivity contribution in [2.45, 2.75) is 13.3 Å². The first-order valence-corrected chi connectivity index (χ1v) is 3.46. The molecule has 0 spiro atoms. The fourth-order valence-corrected chi connectivity index (χ4v) is 0.556. The summed E-state index contributed by atoms with van der Waals surface area (Å²) < 4.78 is 0. The van der Waals surface area contributed by atoms with Crippen molar-refractivity contribution < 1.29 is 19.9 Å². The Labute approximate surface area is 66.2 Å². The summed E-state index contributed by atoms with van der Waals surface area (Å²) in [6.45, 7) is 6.03. The van der Waals surface area contributed by atoms with E-state index in [0.717, 1.165) is 6.42 Å². The summed E-state index contributed by atoms with van der Waals surface area (Å²) in [6, 6.07) is 0. The minimum Gasteiger partial charge on any atom is -0.346 e. The third-order valence-corrected chi connectivity index (χ3v) is 1.19. The second-order valence-electron chi connectivity index (χ2n) is 2.27. The van der Waals surface area contributed by atoms with E-state index >= 15 is 0 Å². The van der Waals surface area contributed by atoms with Gasteiger partial charge < -0.3 is 4.89 Å². The highest BCUT2D eigenvalue weighted by atomic mass is 17.2. The smallest absolute Gasteiger partial charge is 0.122 e. The van der Waals surface area contributed by atoms with Crippen LogP contribution in [0.5, 0.6) is 0 Å². The molecule has 0 aromatic heterocycles. The van der Waals surface area contributed by atoms with Crippen molar-refractivity contribution in [1.29, 1.82) is 0 Å². The van der Waals surface area contributed by atoms with E-state index in [2.05, 4.69) is 21.2 Å². The Hall–Kier alpha value is -0.580. The molecule has 0 aromatic rings. The van der Waals surface area contributed by atoms with Gasteiger partial charge in [-0.15, -0.1) is 0 Å². The van der Waals surface area contributed by atoms with Crippen LogP contribution in [0, 0.1) is 5.92 Å². The molecule has 4 nitrogen and oxygen atoms in total. The molecule has 0 bridgehead atoms. The lowest BCUT2D eigenvalue weighted by atomic mass is 10.1.